The maximum absolute atomic E-state index is 13.5. The fourth-order valence-electron chi connectivity index (χ4n) is 4.31. The van der Waals surface area contributed by atoms with E-state index >= 15 is 0 Å². The van der Waals surface area contributed by atoms with E-state index in [9.17, 15) is 4.79 Å². The Kier molecular flexibility index (Phi) is 5.46. The van der Waals surface area contributed by atoms with E-state index in [4.69, 9.17) is 0 Å². The number of nitrogens with zero attached hydrogens (tertiary/aromatic N) is 5. The van der Waals surface area contributed by atoms with Crippen LogP contribution in [0, 0.1) is 0 Å². The summed E-state index contributed by atoms with van der Waals surface area (Å²) >= 11 is 0. The van der Waals surface area contributed by atoms with Gasteiger partial charge in [-0.3, -0.25) is 19.4 Å². The minimum Gasteiger partial charge on any atom is -0.338 e. The predicted molar refractivity (Wildman–Crippen MR) is 120 cm³/mol. The normalized spacial score (nSPS) is 15.8. The molecule has 6 nitrogen and oxygen atoms in total. The number of rotatable bonds is 5. The zero-order valence-electron chi connectivity index (χ0n) is 17.3. The van der Waals surface area contributed by atoms with Gasteiger partial charge in [-0.1, -0.05) is 54.6 Å². The molecule has 3 heterocycles. The molecule has 1 atom stereocenters. The molecule has 0 radical (unpaired) electrons. The quantitative estimate of drug-likeness (QED) is 0.505. The molecule has 0 N–H and O–H groups in total. The minimum atomic E-state index is -0.426. The topological polar surface area (TPSA) is 54.3 Å². The third-order valence-electron chi connectivity index (χ3n) is 5.93. The second-order valence-corrected chi connectivity index (χ2v) is 7.89. The molecule has 4 aromatic rings. The third kappa shape index (κ3) is 4.07. The van der Waals surface area contributed by atoms with Crippen molar-refractivity contribution in [3.05, 3.63) is 96.4 Å². The summed E-state index contributed by atoms with van der Waals surface area (Å²) in [6.45, 7) is 3.95. The first-order valence-corrected chi connectivity index (χ1v) is 10.7. The van der Waals surface area contributed by atoms with Crippen LogP contribution in [-0.2, 0) is 11.3 Å². The van der Waals surface area contributed by atoms with Crippen LogP contribution in [-0.4, -0.2) is 56.7 Å². The summed E-state index contributed by atoms with van der Waals surface area (Å²) in [6, 6.07) is 21.7. The summed E-state index contributed by atoms with van der Waals surface area (Å²) in [5, 5.41) is 5.53. The molecule has 1 aliphatic rings. The molecule has 156 valence electrons. The lowest BCUT2D eigenvalue weighted by molar-refractivity contribution is -0.135. The van der Waals surface area contributed by atoms with E-state index in [1.807, 2.05) is 59.8 Å². The molecule has 0 spiro atoms. The van der Waals surface area contributed by atoms with Crippen molar-refractivity contribution in [3.8, 4) is 0 Å². The van der Waals surface area contributed by atoms with E-state index in [-0.39, 0.29) is 5.91 Å². The van der Waals surface area contributed by atoms with Crippen LogP contribution in [0.4, 0.5) is 0 Å². The van der Waals surface area contributed by atoms with Gasteiger partial charge in [-0.25, -0.2) is 0 Å². The number of carbonyl (C=O) groups excluding carboxylic acids is 1. The number of pyridine rings is 1. The highest BCUT2D eigenvalue weighted by Gasteiger charge is 2.30. The summed E-state index contributed by atoms with van der Waals surface area (Å²) in [5.74, 6) is 0.0985. The smallest absolute Gasteiger partial charge is 0.252 e. The Morgan fingerprint density at radius 3 is 2.45 bits per heavy atom. The van der Waals surface area contributed by atoms with Crippen molar-refractivity contribution in [1.82, 2.24) is 24.6 Å². The van der Waals surface area contributed by atoms with Gasteiger partial charge < -0.3 is 4.90 Å². The van der Waals surface area contributed by atoms with Crippen molar-refractivity contribution in [2.75, 3.05) is 26.2 Å². The lowest BCUT2D eigenvalue weighted by atomic mass is 10.1. The molecule has 6 heteroatoms. The van der Waals surface area contributed by atoms with Gasteiger partial charge in [-0.15, -0.1) is 0 Å². The SMILES string of the molecule is O=C(C(c1ccccc1)n1cccn1)N1CCN(Cc2cccc3cccnc23)CC1. The minimum absolute atomic E-state index is 0.0985. The van der Waals surface area contributed by atoms with Crippen LogP contribution in [0.2, 0.25) is 0 Å². The van der Waals surface area contributed by atoms with Gasteiger partial charge in [0.25, 0.3) is 5.91 Å². The molecule has 2 aromatic carbocycles. The Morgan fingerprint density at radius 1 is 0.871 bits per heavy atom. The number of piperazine rings is 1. The van der Waals surface area contributed by atoms with Crippen LogP contribution < -0.4 is 0 Å². The van der Waals surface area contributed by atoms with Gasteiger partial charge in [0.15, 0.2) is 6.04 Å². The molecule has 1 amide bonds. The zero-order chi connectivity index (χ0) is 21.0. The van der Waals surface area contributed by atoms with Crippen molar-refractivity contribution >= 4 is 16.8 Å². The highest BCUT2D eigenvalue weighted by molar-refractivity contribution is 5.84. The average Bonchev–Trinajstić information content (AvgIpc) is 3.35. The van der Waals surface area contributed by atoms with Crippen LogP contribution in [0.15, 0.2) is 85.3 Å². The number of hydrogen-bond acceptors (Lipinski definition) is 4. The standard InChI is InChI=1S/C25H25N5O/c31-25(24(30-14-6-13-27-30)21-7-2-1-3-8-21)29-17-15-28(16-18-29)19-22-10-4-9-20-11-5-12-26-23(20)22/h1-14,24H,15-19H2. The second kappa shape index (κ2) is 8.70. The fraction of sp³-hybridized carbons (Fsp3) is 0.240. The Bertz CT molecular complexity index is 1150. The Hall–Kier alpha value is -3.51. The highest BCUT2D eigenvalue weighted by atomic mass is 16.2. The summed E-state index contributed by atoms with van der Waals surface area (Å²) < 4.78 is 1.76. The van der Waals surface area contributed by atoms with E-state index in [1.165, 1.54) is 10.9 Å². The van der Waals surface area contributed by atoms with Gasteiger partial charge in [-0.05, 0) is 23.3 Å². The van der Waals surface area contributed by atoms with Gasteiger partial charge in [0.1, 0.15) is 0 Å². The lowest BCUT2D eigenvalue weighted by Crippen LogP contribution is -2.50. The van der Waals surface area contributed by atoms with Crippen LogP contribution in [0.3, 0.4) is 0 Å². The van der Waals surface area contributed by atoms with Gasteiger partial charge >= 0.3 is 0 Å². The first-order valence-electron chi connectivity index (χ1n) is 10.7. The molecular formula is C25H25N5O. The monoisotopic (exact) mass is 411 g/mol. The fourth-order valence-corrected chi connectivity index (χ4v) is 4.31. The highest BCUT2D eigenvalue weighted by Crippen LogP contribution is 2.22. The number of carbonyl (C=O) groups is 1. The molecule has 1 unspecified atom stereocenters. The Morgan fingerprint density at radius 2 is 1.68 bits per heavy atom. The molecule has 0 aliphatic carbocycles. The average molecular weight is 412 g/mol. The summed E-state index contributed by atoms with van der Waals surface area (Å²) in [4.78, 5) is 22.4. The molecule has 5 rings (SSSR count). The molecule has 1 fully saturated rings. The van der Waals surface area contributed by atoms with E-state index in [0.717, 1.165) is 30.7 Å². The maximum atomic E-state index is 13.5. The number of hydrogen-bond donors (Lipinski definition) is 0. The first kappa shape index (κ1) is 19.5. The van der Waals surface area contributed by atoms with Crippen LogP contribution in [0.25, 0.3) is 10.9 Å². The van der Waals surface area contributed by atoms with Crippen molar-refractivity contribution in [3.63, 3.8) is 0 Å². The predicted octanol–water partition coefficient (Wildman–Crippen LogP) is 3.37. The third-order valence-corrected chi connectivity index (χ3v) is 5.93. The van der Waals surface area contributed by atoms with Crippen LogP contribution in [0.1, 0.15) is 17.2 Å². The van der Waals surface area contributed by atoms with Crippen molar-refractivity contribution < 1.29 is 4.79 Å². The van der Waals surface area contributed by atoms with E-state index in [0.29, 0.717) is 13.1 Å². The summed E-state index contributed by atoms with van der Waals surface area (Å²) in [6.07, 6.45) is 5.43. The number of aromatic nitrogens is 3. The number of amides is 1. The van der Waals surface area contributed by atoms with Gasteiger partial charge in [0.2, 0.25) is 0 Å². The summed E-state index contributed by atoms with van der Waals surface area (Å²) in [7, 11) is 0. The van der Waals surface area contributed by atoms with Gasteiger partial charge in [-0.2, -0.15) is 5.10 Å². The molecule has 2 aromatic heterocycles. The molecule has 31 heavy (non-hydrogen) atoms. The molecule has 0 bridgehead atoms. The molecular weight excluding hydrogens is 386 g/mol. The Balaban J connectivity index is 1.29. The maximum Gasteiger partial charge on any atom is 0.252 e. The van der Waals surface area contributed by atoms with Gasteiger partial charge in [0.05, 0.1) is 5.52 Å². The van der Waals surface area contributed by atoms with Gasteiger partial charge in [0, 0.05) is 56.7 Å². The summed E-state index contributed by atoms with van der Waals surface area (Å²) in [5.41, 5.74) is 3.25. The van der Waals surface area contributed by atoms with Crippen molar-refractivity contribution in [2.45, 2.75) is 12.6 Å². The Labute approximate surface area is 181 Å². The first-order chi connectivity index (χ1) is 15.3. The molecule has 0 saturated carbocycles. The van der Waals surface area contributed by atoms with E-state index < -0.39 is 6.04 Å². The number of para-hydroxylation sites is 1. The number of fused-ring (bicyclic) bond motifs is 1. The lowest BCUT2D eigenvalue weighted by Gasteiger charge is -2.36. The van der Waals surface area contributed by atoms with E-state index in [1.54, 1.807) is 10.9 Å². The van der Waals surface area contributed by atoms with Crippen LogP contribution in [0.5, 0.6) is 0 Å². The van der Waals surface area contributed by atoms with Crippen molar-refractivity contribution in [1.29, 1.82) is 0 Å². The second-order valence-electron chi connectivity index (χ2n) is 7.89. The van der Waals surface area contributed by atoms with Crippen LogP contribution >= 0.6 is 0 Å². The van der Waals surface area contributed by atoms with E-state index in [2.05, 4.69) is 39.2 Å². The van der Waals surface area contributed by atoms with Crippen molar-refractivity contribution in [2.24, 2.45) is 0 Å². The molecule has 1 saturated heterocycles. The largest absolute Gasteiger partial charge is 0.338 e. The number of benzene rings is 2. The molecule has 1 aliphatic heterocycles. The zero-order valence-corrected chi connectivity index (χ0v) is 17.3.